The Morgan fingerprint density at radius 2 is 1.96 bits per heavy atom. The van der Waals surface area contributed by atoms with Crippen LogP contribution in [0.25, 0.3) is 0 Å². The van der Waals surface area contributed by atoms with E-state index in [2.05, 4.69) is 10.3 Å². The number of amides is 2. The molecular formula is C16H16ClN3O2S. The normalized spacial score (nSPS) is 10.2. The SMILES string of the molecule is CN(CC(=O)Nc1ccccc1Cl)C(=O)CSc1ccccn1. The Hall–Kier alpha value is -2.05. The number of aromatic nitrogens is 1. The third-order valence-corrected chi connectivity index (χ3v) is 4.19. The Balaban J connectivity index is 1.81. The number of rotatable bonds is 6. The van der Waals surface area contributed by atoms with Crippen molar-refractivity contribution in [3.8, 4) is 0 Å². The fraction of sp³-hybridized carbons (Fsp3) is 0.188. The standard InChI is InChI=1S/C16H16ClN3O2S/c1-20(16(22)11-23-15-8-4-5-9-18-15)10-14(21)19-13-7-3-2-6-12(13)17/h2-9H,10-11H2,1H3,(H,19,21). The predicted molar refractivity (Wildman–Crippen MR) is 92.7 cm³/mol. The van der Waals surface area contributed by atoms with Crippen LogP contribution in [-0.4, -0.2) is 41.0 Å². The number of likely N-dealkylation sites (N-methyl/N-ethyl adjacent to an activating group) is 1. The zero-order valence-corrected chi connectivity index (χ0v) is 14.1. The number of pyridine rings is 1. The minimum Gasteiger partial charge on any atom is -0.336 e. The van der Waals surface area contributed by atoms with E-state index in [0.29, 0.717) is 10.7 Å². The molecule has 2 amide bonds. The number of carbonyl (C=O) groups excluding carboxylic acids is 2. The summed E-state index contributed by atoms with van der Waals surface area (Å²) in [6, 6.07) is 12.5. The van der Waals surface area contributed by atoms with Crippen LogP contribution in [0.4, 0.5) is 5.69 Å². The molecule has 2 rings (SSSR count). The molecule has 0 unspecified atom stereocenters. The smallest absolute Gasteiger partial charge is 0.244 e. The maximum Gasteiger partial charge on any atom is 0.244 e. The van der Waals surface area contributed by atoms with Gasteiger partial charge in [0.1, 0.15) is 0 Å². The number of hydrogen-bond acceptors (Lipinski definition) is 4. The molecule has 0 saturated heterocycles. The van der Waals surface area contributed by atoms with Crippen LogP contribution in [0.2, 0.25) is 5.02 Å². The highest BCUT2D eigenvalue weighted by Gasteiger charge is 2.14. The lowest BCUT2D eigenvalue weighted by atomic mass is 10.3. The molecule has 0 aliphatic rings. The molecule has 1 heterocycles. The summed E-state index contributed by atoms with van der Waals surface area (Å²) < 4.78 is 0. The van der Waals surface area contributed by atoms with Crippen molar-refractivity contribution < 1.29 is 9.59 Å². The number of nitrogens with one attached hydrogen (secondary N) is 1. The van der Waals surface area contributed by atoms with Crippen molar-refractivity contribution in [1.29, 1.82) is 0 Å². The Morgan fingerprint density at radius 1 is 1.22 bits per heavy atom. The molecule has 0 radical (unpaired) electrons. The van der Waals surface area contributed by atoms with Gasteiger partial charge in [0.2, 0.25) is 11.8 Å². The van der Waals surface area contributed by atoms with E-state index in [1.165, 1.54) is 16.7 Å². The van der Waals surface area contributed by atoms with Crippen molar-refractivity contribution in [2.75, 3.05) is 24.7 Å². The molecule has 0 bridgehead atoms. The molecule has 7 heteroatoms. The van der Waals surface area contributed by atoms with Crippen molar-refractivity contribution in [2.45, 2.75) is 5.03 Å². The zero-order chi connectivity index (χ0) is 16.7. The van der Waals surface area contributed by atoms with E-state index in [9.17, 15) is 9.59 Å². The number of carbonyl (C=O) groups is 2. The average Bonchev–Trinajstić information content (AvgIpc) is 2.55. The highest BCUT2D eigenvalue weighted by atomic mass is 35.5. The van der Waals surface area contributed by atoms with Crippen molar-refractivity contribution in [3.05, 3.63) is 53.7 Å². The Morgan fingerprint density at radius 3 is 2.65 bits per heavy atom. The topological polar surface area (TPSA) is 62.3 Å². The van der Waals surface area contributed by atoms with Crippen molar-refractivity contribution in [2.24, 2.45) is 0 Å². The fourth-order valence-electron chi connectivity index (χ4n) is 1.73. The quantitative estimate of drug-likeness (QED) is 0.814. The second-order valence-electron chi connectivity index (χ2n) is 4.73. The summed E-state index contributed by atoms with van der Waals surface area (Å²) in [6.45, 7) is -0.0349. The molecule has 0 atom stereocenters. The summed E-state index contributed by atoms with van der Waals surface area (Å²) in [5.41, 5.74) is 0.530. The number of hydrogen-bond donors (Lipinski definition) is 1. The van der Waals surface area contributed by atoms with E-state index in [1.807, 2.05) is 18.2 Å². The van der Waals surface area contributed by atoms with E-state index < -0.39 is 0 Å². The third-order valence-electron chi connectivity index (χ3n) is 2.94. The minimum atomic E-state index is -0.295. The highest BCUT2D eigenvalue weighted by Crippen LogP contribution is 2.20. The monoisotopic (exact) mass is 349 g/mol. The van der Waals surface area contributed by atoms with Gasteiger partial charge < -0.3 is 10.2 Å². The first kappa shape index (κ1) is 17.3. The maximum absolute atomic E-state index is 12.0. The van der Waals surface area contributed by atoms with Gasteiger partial charge in [-0.15, -0.1) is 0 Å². The second kappa shape index (κ2) is 8.55. The maximum atomic E-state index is 12.0. The number of nitrogens with zero attached hydrogens (tertiary/aromatic N) is 2. The van der Waals surface area contributed by atoms with Crippen LogP contribution in [0.3, 0.4) is 0 Å². The molecule has 1 aromatic carbocycles. The van der Waals surface area contributed by atoms with Crippen LogP contribution in [0.1, 0.15) is 0 Å². The summed E-state index contributed by atoms with van der Waals surface area (Å²) in [4.78, 5) is 29.5. The minimum absolute atomic E-state index is 0.0349. The van der Waals surface area contributed by atoms with E-state index in [-0.39, 0.29) is 24.1 Å². The summed E-state index contributed by atoms with van der Waals surface area (Å²) in [6.07, 6.45) is 1.67. The summed E-state index contributed by atoms with van der Waals surface area (Å²) in [5, 5.41) is 3.92. The van der Waals surface area contributed by atoms with Crippen LogP contribution in [0, 0.1) is 0 Å². The van der Waals surface area contributed by atoms with Gasteiger partial charge in [0.15, 0.2) is 0 Å². The molecule has 23 heavy (non-hydrogen) atoms. The third kappa shape index (κ3) is 5.58. The summed E-state index contributed by atoms with van der Waals surface area (Å²) in [7, 11) is 1.59. The Bertz CT molecular complexity index is 682. The fourth-order valence-corrected chi connectivity index (χ4v) is 2.72. The lowest BCUT2D eigenvalue weighted by Crippen LogP contribution is -2.36. The van der Waals surface area contributed by atoms with Gasteiger partial charge in [0.05, 0.1) is 28.0 Å². The summed E-state index contributed by atoms with van der Waals surface area (Å²) in [5.74, 6) is -0.209. The van der Waals surface area contributed by atoms with Crippen LogP contribution < -0.4 is 5.32 Å². The first-order chi connectivity index (χ1) is 11.1. The number of para-hydroxylation sites is 1. The largest absolute Gasteiger partial charge is 0.336 e. The lowest BCUT2D eigenvalue weighted by molar-refractivity contribution is -0.131. The Labute approximate surface area is 144 Å². The van der Waals surface area contributed by atoms with Crippen LogP contribution in [-0.2, 0) is 9.59 Å². The van der Waals surface area contributed by atoms with Gasteiger partial charge in [0, 0.05) is 13.2 Å². The molecular weight excluding hydrogens is 334 g/mol. The molecule has 120 valence electrons. The van der Waals surface area contributed by atoms with Gasteiger partial charge >= 0.3 is 0 Å². The number of halogens is 1. The highest BCUT2D eigenvalue weighted by molar-refractivity contribution is 7.99. The van der Waals surface area contributed by atoms with E-state index in [1.54, 1.807) is 37.5 Å². The molecule has 0 saturated carbocycles. The lowest BCUT2D eigenvalue weighted by Gasteiger charge is -2.16. The average molecular weight is 350 g/mol. The van der Waals surface area contributed by atoms with Gasteiger partial charge in [-0.1, -0.05) is 41.6 Å². The Kier molecular flexibility index (Phi) is 6.43. The van der Waals surface area contributed by atoms with Gasteiger partial charge in [-0.2, -0.15) is 0 Å². The van der Waals surface area contributed by atoms with Crippen molar-refractivity contribution >= 4 is 40.9 Å². The van der Waals surface area contributed by atoms with E-state index >= 15 is 0 Å². The predicted octanol–water partition coefficient (Wildman–Crippen LogP) is 2.92. The van der Waals surface area contributed by atoms with Crippen LogP contribution >= 0.6 is 23.4 Å². The van der Waals surface area contributed by atoms with E-state index in [4.69, 9.17) is 11.6 Å². The molecule has 1 N–H and O–H groups in total. The molecule has 0 aliphatic carbocycles. The number of anilines is 1. The molecule has 2 aromatic rings. The molecule has 0 aliphatic heterocycles. The zero-order valence-electron chi connectivity index (χ0n) is 12.5. The van der Waals surface area contributed by atoms with Gasteiger partial charge in [-0.25, -0.2) is 4.98 Å². The number of benzene rings is 1. The first-order valence-corrected chi connectivity index (χ1v) is 8.25. The van der Waals surface area contributed by atoms with Crippen molar-refractivity contribution in [3.63, 3.8) is 0 Å². The van der Waals surface area contributed by atoms with Gasteiger partial charge in [-0.3, -0.25) is 9.59 Å². The van der Waals surface area contributed by atoms with E-state index in [0.717, 1.165) is 5.03 Å². The van der Waals surface area contributed by atoms with Crippen molar-refractivity contribution in [1.82, 2.24) is 9.88 Å². The van der Waals surface area contributed by atoms with Crippen LogP contribution in [0.15, 0.2) is 53.7 Å². The van der Waals surface area contributed by atoms with Gasteiger partial charge in [0.25, 0.3) is 0 Å². The molecule has 5 nitrogen and oxygen atoms in total. The van der Waals surface area contributed by atoms with Gasteiger partial charge in [-0.05, 0) is 24.3 Å². The molecule has 1 aromatic heterocycles. The molecule has 0 fully saturated rings. The number of thioether (sulfide) groups is 1. The summed E-state index contributed by atoms with van der Waals surface area (Å²) >= 11 is 7.31. The van der Waals surface area contributed by atoms with Crippen LogP contribution in [0.5, 0.6) is 0 Å². The first-order valence-electron chi connectivity index (χ1n) is 6.88. The second-order valence-corrected chi connectivity index (χ2v) is 6.14. The molecule has 0 spiro atoms.